The first-order chi connectivity index (χ1) is 9.02. The number of amidine groups is 1. The van der Waals surface area contributed by atoms with E-state index in [1.807, 2.05) is 0 Å². The third kappa shape index (κ3) is 3.28. The number of amides is 1. The lowest BCUT2D eigenvalue weighted by Crippen LogP contribution is -2.50. The van der Waals surface area contributed by atoms with Gasteiger partial charge in [0, 0.05) is 11.0 Å². The van der Waals surface area contributed by atoms with E-state index in [1.165, 1.54) is 11.3 Å². The molecule has 1 atom stereocenters. The number of halogens is 2. The molecule has 9 heteroatoms. The maximum Gasteiger partial charge on any atom is 0.264 e. The van der Waals surface area contributed by atoms with Gasteiger partial charge in [-0.3, -0.25) is 4.79 Å². The first-order valence-corrected chi connectivity index (χ1v) is 7.76. The van der Waals surface area contributed by atoms with Crippen LogP contribution in [-0.2, 0) is 4.74 Å². The Hall–Kier alpha value is -0.640. The number of thiophene rings is 1. The smallest absolute Gasteiger partial charge is 0.264 e. The summed E-state index contributed by atoms with van der Waals surface area (Å²) in [5.41, 5.74) is 5.50. The number of nitrogens with zero attached hydrogens (tertiary/aromatic N) is 2. The van der Waals surface area contributed by atoms with Crippen LogP contribution in [0.25, 0.3) is 0 Å². The van der Waals surface area contributed by atoms with Crippen molar-refractivity contribution in [1.82, 2.24) is 4.90 Å². The van der Waals surface area contributed by atoms with Crippen molar-refractivity contribution >= 4 is 54.9 Å². The molecule has 1 aliphatic rings. The first-order valence-electron chi connectivity index (χ1n) is 5.36. The molecule has 1 aromatic heterocycles. The number of nitrogens with two attached hydrogens (primary N) is 1. The second kappa shape index (κ2) is 6.21. The van der Waals surface area contributed by atoms with Crippen LogP contribution in [0.15, 0.2) is 19.5 Å². The van der Waals surface area contributed by atoms with Crippen LogP contribution in [-0.4, -0.2) is 47.7 Å². The monoisotopic (exact) mass is 411 g/mol. The molecule has 2 heterocycles. The van der Waals surface area contributed by atoms with Gasteiger partial charge in [-0.1, -0.05) is 5.16 Å². The van der Waals surface area contributed by atoms with Crippen molar-refractivity contribution in [3.63, 3.8) is 0 Å². The molecule has 0 spiro atoms. The fourth-order valence-corrected chi connectivity index (χ4v) is 3.69. The van der Waals surface area contributed by atoms with Crippen molar-refractivity contribution in [3.05, 3.63) is 19.2 Å². The molecule has 6 nitrogen and oxygen atoms in total. The third-order valence-electron chi connectivity index (χ3n) is 2.65. The van der Waals surface area contributed by atoms with E-state index < -0.39 is 6.10 Å². The highest BCUT2D eigenvalue weighted by Crippen LogP contribution is 2.33. The molecular formula is C10H11Br2N3O3S. The number of ether oxygens (including phenoxy) is 1. The number of rotatable bonds is 2. The highest BCUT2D eigenvalue weighted by atomic mass is 79.9. The van der Waals surface area contributed by atoms with Crippen LogP contribution in [0.5, 0.6) is 0 Å². The van der Waals surface area contributed by atoms with Crippen molar-refractivity contribution in [2.24, 2.45) is 10.9 Å². The van der Waals surface area contributed by atoms with E-state index in [9.17, 15) is 4.79 Å². The number of hydrogen-bond donors (Lipinski definition) is 2. The summed E-state index contributed by atoms with van der Waals surface area (Å²) in [7, 11) is 0. The van der Waals surface area contributed by atoms with Gasteiger partial charge in [0.05, 0.1) is 21.8 Å². The molecule has 0 saturated carbocycles. The molecule has 2 rings (SSSR count). The summed E-state index contributed by atoms with van der Waals surface area (Å²) in [5.74, 6) is -0.110. The number of hydrogen-bond acceptors (Lipinski definition) is 5. The van der Waals surface area contributed by atoms with Crippen LogP contribution < -0.4 is 5.73 Å². The van der Waals surface area contributed by atoms with Crippen LogP contribution in [0.2, 0.25) is 0 Å². The molecule has 1 fully saturated rings. The summed E-state index contributed by atoms with van der Waals surface area (Å²) < 4.78 is 7.07. The summed E-state index contributed by atoms with van der Waals surface area (Å²) in [6.07, 6.45) is -0.561. The van der Waals surface area contributed by atoms with Gasteiger partial charge >= 0.3 is 0 Å². The quantitative estimate of drug-likeness (QED) is 0.336. The molecular weight excluding hydrogens is 402 g/mol. The van der Waals surface area contributed by atoms with E-state index in [0.717, 1.165) is 8.26 Å². The number of oxime groups is 1. The predicted molar refractivity (Wildman–Crippen MR) is 78.8 cm³/mol. The van der Waals surface area contributed by atoms with Gasteiger partial charge in [-0.2, -0.15) is 0 Å². The minimum atomic E-state index is -0.561. The summed E-state index contributed by atoms with van der Waals surface area (Å²) >= 11 is 8.07. The van der Waals surface area contributed by atoms with E-state index in [0.29, 0.717) is 18.0 Å². The van der Waals surface area contributed by atoms with Gasteiger partial charge in [0.25, 0.3) is 5.91 Å². The van der Waals surface area contributed by atoms with Crippen molar-refractivity contribution in [3.8, 4) is 0 Å². The maximum atomic E-state index is 12.3. The van der Waals surface area contributed by atoms with E-state index in [-0.39, 0.29) is 18.3 Å². The molecule has 19 heavy (non-hydrogen) atoms. The molecule has 1 amide bonds. The lowest BCUT2D eigenvalue weighted by Gasteiger charge is -2.31. The highest BCUT2D eigenvalue weighted by Gasteiger charge is 2.28. The molecule has 0 aromatic carbocycles. The third-order valence-corrected chi connectivity index (χ3v) is 5.90. The Morgan fingerprint density at radius 2 is 2.37 bits per heavy atom. The lowest BCUT2D eigenvalue weighted by atomic mass is 10.2. The van der Waals surface area contributed by atoms with Gasteiger partial charge in [-0.15, -0.1) is 11.3 Å². The van der Waals surface area contributed by atoms with Gasteiger partial charge in [-0.25, -0.2) is 0 Å². The summed E-state index contributed by atoms with van der Waals surface area (Å²) in [5, 5.41) is 11.6. The zero-order valence-corrected chi connectivity index (χ0v) is 13.7. The van der Waals surface area contributed by atoms with E-state index in [1.54, 1.807) is 11.0 Å². The summed E-state index contributed by atoms with van der Waals surface area (Å²) in [6, 6.07) is 1.77. The molecule has 0 bridgehead atoms. The van der Waals surface area contributed by atoms with Crippen LogP contribution in [0.4, 0.5) is 0 Å². The Kier molecular flexibility index (Phi) is 4.82. The maximum absolute atomic E-state index is 12.3. The lowest BCUT2D eigenvalue weighted by molar-refractivity contribution is 0.00699. The van der Waals surface area contributed by atoms with Crippen LogP contribution in [0, 0.1) is 0 Å². The van der Waals surface area contributed by atoms with Gasteiger partial charge in [0.1, 0.15) is 6.10 Å². The minimum Gasteiger partial charge on any atom is -0.409 e. The zero-order chi connectivity index (χ0) is 14.0. The fourth-order valence-electron chi connectivity index (χ4n) is 1.68. The molecule has 1 unspecified atom stereocenters. The Labute approximate surface area is 130 Å². The molecule has 104 valence electrons. The largest absolute Gasteiger partial charge is 0.409 e. The van der Waals surface area contributed by atoms with Crippen LogP contribution >= 0.6 is 43.2 Å². The van der Waals surface area contributed by atoms with Crippen molar-refractivity contribution in [2.45, 2.75) is 6.10 Å². The first kappa shape index (κ1) is 14.8. The summed E-state index contributed by atoms with van der Waals surface area (Å²) in [4.78, 5) is 14.6. The van der Waals surface area contributed by atoms with Crippen LogP contribution in [0.3, 0.4) is 0 Å². The Bertz CT molecular complexity index is 501. The van der Waals surface area contributed by atoms with Crippen molar-refractivity contribution < 1.29 is 14.7 Å². The topological polar surface area (TPSA) is 88.2 Å². The minimum absolute atomic E-state index is 0.0222. The van der Waals surface area contributed by atoms with E-state index in [2.05, 4.69) is 37.0 Å². The average Bonchev–Trinajstić information content (AvgIpc) is 2.77. The fraction of sp³-hybridized carbons (Fsp3) is 0.400. The standard InChI is InChI=1S/C10H11Br2N3O3S/c11-5-3-7(19-8(5)12)10(16)15-1-2-18-6(4-15)9(13)14-17/h3,6,17H,1-2,4H2,(H2,13,14). The van der Waals surface area contributed by atoms with Crippen LogP contribution in [0.1, 0.15) is 9.67 Å². The van der Waals surface area contributed by atoms with E-state index in [4.69, 9.17) is 15.7 Å². The molecule has 1 saturated heterocycles. The Morgan fingerprint density at radius 3 is 2.95 bits per heavy atom. The highest BCUT2D eigenvalue weighted by molar-refractivity contribution is 9.13. The van der Waals surface area contributed by atoms with Crippen molar-refractivity contribution in [2.75, 3.05) is 19.7 Å². The SMILES string of the molecule is NC(=NO)C1CN(C(=O)c2cc(Br)c(Br)s2)CCO1. The van der Waals surface area contributed by atoms with Crippen molar-refractivity contribution in [1.29, 1.82) is 0 Å². The molecule has 0 aliphatic carbocycles. The normalized spacial score (nSPS) is 20.6. The van der Waals surface area contributed by atoms with E-state index >= 15 is 0 Å². The van der Waals surface area contributed by atoms with Gasteiger partial charge in [-0.05, 0) is 37.9 Å². The number of carbonyl (C=O) groups excluding carboxylic acids is 1. The average molecular weight is 413 g/mol. The predicted octanol–water partition coefficient (Wildman–Crippen LogP) is 1.86. The van der Waals surface area contributed by atoms with Gasteiger partial charge in [0.2, 0.25) is 0 Å². The second-order valence-electron chi connectivity index (χ2n) is 3.87. The molecule has 1 aliphatic heterocycles. The molecule has 0 radical (unpaired) electrons. The Morgan fingerprint density at radius 1 is 1.63 bits per heavy atom. The number of carbonyl (C=O) groups is 1. The summed E-state index contributed by atoms with van der Waals surface area (Å²) in [6.45, 7) is 1.13. The van der Waals surface area contributed by atoms with Gasteiger partial charge < -0.3 is 20.6 Å². The Balaban J connectivity index is 2.11. The van der Waals surface area contributed by atoms with Gasteiger partial charge in [0.15, 0.2) is 5.84 Å². The molecule has 1 aromatic rings. The number of morpholine rings is 1. The zero-order valence-electron chi connectivity index (χ0n) is 9.68. The molecule has 3 N–H and O–H groups in total. The second-order valence-corrected chi connectivity index (χ2v) is 7.09.